The van der Waals surface area contributed by atoms with E-state index in [-0.39, 0.29) is 5.91 Å². The first-order chi connectivity index (χ1) is 8.49. The van der Waals surface area contributed by atoms with E-state index >= 15 is 0 Å². The number of carbonyl (C=O) groups is 1. The molecule has 0 atom stereocenters. The van der Waals surface area contributed by atoms with Crippen molar-refractivity contribution in [3.05, 3.63) is 22.6 Å². The van der Waals surface area contributed by atoms with Crippen molar-refractivity contribution in [1.29, 1.82) is 0 Å². The highest BCUT2D eigenvalue weighted by atomic mass is 35.5. The number of halogens is 1. The van der Waals surface area contributed by atoms with Crippen LogP contribution in [-0.2, 0) is 0 Å². The minimum absolute atomic E-state index is 0.0488. The molecule has 0 radical (unpaired) electrons. The van der Waals surface area contributed by atoms with Gasteiger partial charge in [0, 0.05) is 25.0 Å². The second-order valence-electron chi connectivity index (χ2n) is 4.69. The maximum atomic E-state index is 12.3. The summed E-state index contributed by atoms with van der Waals surface area (Å²) in [4.78, 5) is 14.1. The molecule has 0 saturated heterocycles. The number of hydrogen-bond donors (Lipinski definition) is 0. The maximum Gasteiger partial charge on any atom is 0.257 e. The summed E-state index contributed by atoms with van der Waals surface area (Å²) < 4.78 is 5.49. The van der Waals surface area contributed by atoms with E-state index in [1.807, 2.05) is 27.8 Å². The van der Waals surface area contributed by atoms with E-state index in [1.54, 1.807) is 4.90 Å². The van der Waals surface area contributed by atoms with Crippen molar-refractivity contribution < 1.29 is 9.21 Å². The molecule has 1 amide bonds. The van der Waals surface area contributed by atoms with Crippen LogP contribution in [0, 0.1) is 20.8 Å². The van der Waals surface area contributed by atoms with Gasteiger partial charge in [-0.25, -0.2) is 0 Å². The van der Waals surface area contributed by atoms with Gasteiger partial charge < -0.3 is 9.32 Å². The smallest absolute Gasteiger partial charge is 0.257 e. The molecule has 0 aliphatic heterocycles. The van der Waals surface area contributed by atoms with Gasteiger partial charge in [0.1, 0.15) is 11.5 Å². The molecule has 1 heterocycles. The second kappa shape index (κ2) is 6.83. The Bertz CT molecular complexity index is 412. The third-order valence-electron chi connectivity index (χ3n) is 3.25. The predicted molar refractivity (Wildman–Crippen MR) is 74.5 cm³/mol. The van der Waals surface area contributed by atoms with E-state index in [0.29, 0.717) is 17.2 Å². The standard InChI is InChI=1S/C14H22ClNO2/c1-10-11(2)18-12(3)13(10)14(17)16(4)9-7-5-6-8-15/h5-9H2,1-4H3. The number of aryl methyl sites for hydroxylation is 2. The van der Waals surface area contributed by atoms with Gasteiger partial charge in [0.15, 0.2) is 0 Å². The molecule has 1 aromatic rings. The fourth-order valence-electron chi connectivity index (χ4n) is 2.02. The number of hydrogen-bond acceptors (Lipinski definition) is 2. The monoisotopic (exact) mass is 271 g/mol. The second-order valence-corrected chi connectivity index (χ2v) is 5.07. The van der Waals surface area contributed by atoms with Crippen LogP contribution in [0.2, 0.25) is 0 Å². The number of carbonyl (C=O) groups excluding carboxylic acids is 1. The molecule has 18 heavy (non-hydrogen) atoms. The number of nitrogens with zero attached hydrogens (tertiary/aromatic N) is 1. The highest BCUT2D eigenvalue weighted by Gasteiger charge is 2.21. The molecular weight excluding hydrogens is 250 g/mol. The zero-order valence-electron chi connectivity index (χ0n) is 11.7. The zero-order valence-corrected chi connectivity index (χ0v) is 12.4. The summed E-state index contributed by atoms with van der Waals surface area (Å²) in [5, 5.41) is 0. The van der Waals surface area contributed by atoms with Crippen molar-refractivity contribution in [2.45, 2.75) is 40.0 Å². The van der Waals surface area contributed by atoms with Crippen LogP contribution in [0.5, 0.6) is 0 Å². The van der Waals surface area contributed by atoms with Crippen LogP contribution in [-0.4, -0.2) is 30.3 Å². The third-order valence-corrected chi connectivity index (χ3v) is 3.52. The van der Waals surface area contributed by atoms with Crippen molar-refractivity contribution in [3.8, 4) is 0 Å². The van der Waals surface area contributed by atoms with Crippen LogP contribution in [0.3, 0.4) is 0 Å². The number of alkyl halides is 1. The number of unbranched alkanes of at least 4 members (excludes halogenated alkanes) is 2. The molecule has 3 nitrogen and oxygen atoms in total. The molecule has 0 unspecified atom stereocenters. The van der Waals surface area contributed by atoms with Crippen LogP contribution in [0.25, 0.3) is 0 Å². The summed E-state index contributed by atoms with van der Waals surface area (Å²) >= 11 is 5.63. The highest BCUT2D eigenvalue weighted by Crippen LogP contribution is 2.22. The number of rotatable bonds is 6. The van der Waals surface area contributed by atoms with E-state index in [4.69, 9.17) is 16.0 Å². The fourth-order valence-corrected chi connectivity index (χ4v) is 2.21. The molecule has 0 saturated carbocycles. The minimum Gasteiger partial charge on any atom is -0.466 e. The Morgan fingerprint density at radius 1 is 1.17 bits per heavy atom. The zero-order chi connectivity index (χ0) is 13.7. The summed E-state index contributed by atoms with van der Waals surface area (Å²) in [6.07, 6.45) is 3.06. The Morgan fingerprint density at radius 2 is 1.83 bits per heavy atom. The van der Waals surface area contributed by atoms with Crippen LogP contribution in [0.15, 0.2) is 4.42 Å². The molecule has 0 spiro atoms. The number of amides is 1. The summed E-state index contributed by atoms with van der Waals surface area (Å²) in [7, 11) is 1.84. The molecule has 1 aromatic heterocycles. The van der Waals surface area contributed by atoms with Gasteiger partial charge in [-0.15, -0.1) is 11.6 Å². The normalized spacial score (nSPS) is 10.7. The Balaban J connectivity index is 2.63. The van der Waals surface area contributed by atoms with Gasteiger partial charge in [0.05, 0.1) is 5.56 Å². The molecule has 0 N–H and O–H groups in total. The Labute approximate surface area is 114 Å². The quantitative estimate of drug-likeness (QED) is 0.584. The average Bonchev–Trinajstić information content (AvgIpc) is 2.58. The lowest BCUT2D eigenvalue weighted by Crippen LogP contribution is -2.28. The van der Waals surface area contributed by atoms with Crippen molar-refractivity contribution in [1.82, 2.24) is 4.90 Å². The van der Waals surface area contributed by atoms with Gasteiger partial charge in [0.25, 0.3) is 5.91 Å². The molecule has 0 aromatic carbocycles. The van der Waals surface area contributed by atoms with Crippen molar-refractivity contribution >= 4 is 17.5 Å². The fraction of sp³-hybridized carbons (Fsp3) is 0.643. The lowest BCUT2D eigenvalue weighted by Gasteiger charge is -2.17. The maximum absolute atomic E-state index is 12.3. The minimum atomic E-state index is 0.0488. The SMILES string of the molecule is Cc1oc(C)c(C(=O)N(C)CCCCCCl)c1C. The lowest BCUT2D eigenvalue weighted by atomic mass is 10.1. The predicted octanol–water partition coefficient (Wildman–Crippen LogP) is 3.69. The summed E-state index contributed by atoms with van der Waals surface area (Å²) in [6.45, 7) is 6.42. The van der Waals surface area contributed by atoms with Gasteiger partial charge in [-0.2, -0.15) is 0 Å². The van der Waals surface area contributed by atoms with Gasteiger partial charge >= 0.3 is 0 Å². The molecular formula is C14H22ClNO2. The van der Waals surface area contributed by atoms with E-state index in [9.17, 15) is 4.79 Å². The Morgan fingerprint density at radius 3 is 2.33 bits per heavy atom. The number of furan rings is 1. The first-order valence-electron chi connectivity index (χ1n) is 6.37. The molecule has 0 aliphatic rings. The molecule has 4 heteroatoms. The summed E-state index contributed by atoms with van der Waals surface area (Å²) in [5.41, 5.74) is 1.66. The van der Waals surface area contributed by atoms with Crippen LogP contribution in [0.1, 0.15) is 46.7 Å². The summed E-state index contributed by atoms with van der Waals surface area (Å²) in [5.74, 6) is 2.28. The van der Waals surface area contributed by atoms with Crippen molar-refractivity contribution in [2.75, 3.05) is 19.5 Å². The van der Waals surface area contributed by atoms with E-state index in [2.05, 4.69) is 0 Å². The first-order valence-corrected chi connectivity index (χ1v) is 6.90. The van der Waals surface area contributed by atoms with Gasteiger partial charge in [0.2, 0.25) is 0 Å². The van der Waals surface area contributed by atoms with Crippen molar-refractivity contribution in [2.24, 2.45) is 0 Å². The van der Waals surface area contributed by atoms with Gasteiger partial charge in [-0.1, -0.05) is 6.42 Å². The highest BCUT2D eigenvalue weighted by molar-refractivity contribution is 6.17. The van der Waals surface area contributed by atoms with Crippen LogP contribution in [0.4, 0.5) is 0 Å². The van der Waals surface area contributed by atoms with Crippen molar-refractivity contribution in [3.63, 3.8) is 0 Å². The topological polar surface area (TPSA) is 33.5 Å². The Hall–Kier alpha value is -0.960. The molecule has 0 bridgehead atoms. The third kappa shape index (κ3) is 3.52. The van der Waals surface area contributed by atoms with E-state index in [1.165, 1.54) is 0 Å². The Kier molecular flexibility index (Phi) is 5.73. The van der Waals surface area contributed by atoms with E-state index < -0.39 is 0 Å². The average molecular weight is 272 g/mol. The van der Waals surface area contributed by atoms with Crippen LogP contribution < -0.4 is 0 Å². The van der Waals surface area contributed by atoms with Gasteiger partial charge in [-0.3, -0.25) is 4.79 Å². The largest absolute Gasteiger partial charge is 0.466 e. The molecule has 1 rings (SSSR count). The summed E-state index contributed by atoms with van der Waals surface area (Å²) in [6, 6.07) is 0. The lowest BCUT2D eigenvalue weighted by molar-refractivity contribution is 0.0790. The first kappa shape index (κ1) is 15.1. The molecule has 0 aliphatic carbocycles. The molecule has 102 valence electrons. The molecule has 0 fully saturated rings. The van der Waals surface area contributed by atoms with Gasteiger partial charge in [-0.05, 0) is 33.6 Å². The van der Waals surface area contributed by atoms with E-state index in [0.717, 1.165) is 37.1 Å². The van der Waals surface area contributed by atoms with Crippen LogP contribution >= 0.6 is 11.6 Å².